The van der Waals surface area contributed by atoms with Gasteiger partial charge in [0.25, 0.3) is 0 Å². The highest BCUT2D eigenvalue weighted by atomic mass is 16.4. The summed E-state index contributed by atoms with van der Waals surface area (Å²) in [5, 5.41) is 9.06. The Kier molecular flexibility index (Phi) is 3.15. The average molecular weight is 264 g/mol. The first-order valence-electron chi connectivity index (χ1n) is 7.10. The van der Waals surface area contributed by atoms with E-state index in [2.05, 4.69) is 19.9 Å². The van der Waals surface area contributed by atoms with Gasteiger partial charge in [0, 0.05) is 10.8 Å². The van der Waals surface area contributed by atoms with Crippen LogP contribution in [0.15, 0.2) is 11.6 Å². The molecule has 2 rings (SSSR count). The first-order valence-corrected chi connectivity index (χ1v) is 7.10. The second-order valence-electron chi connectivity index (χ2n) is 7.35. The Bertz CT molecular complexity index is 461. The van der Waals surface area contributed by atoms with Crippen LogP contribution in [0.4, 0.5) is 0 Å². The summed E-state index contributed by atoms with van der Waals surface area (Å²) in [4.78, 5) is 24.0. The van der Waals surface area contributed by atoms with E-state index in [1.165, 1.54) is 5.57 Å². The van der Waals surface area contributed by atoms with Crippen LogP contribution in [0, 0.1) is 16.2 Å². The Morgan fingerprint density at radius 2 is 1.89 bits per heavy atom. The van der Waals surface area contributed by atoms with Gasteiger partial charge in [0.2, 0.25) is 0 Å². The Balaban J connectivity index is 2.45. The van der Waals surface area contributed by atoms with E-state index >= 15 is 0 Å². The molecule has 1 N–H and O–H groups in total. The summed E-state index contributed by atoms with van der Waals surface area (Å²) < 4.78 is 0. The number of fused-ring (bicyclic) bond motifs is 1. The molecule has 1 saturated carbocycles. The Morgan fingerprint density at radius 1 is 1.26 bits per heavy atom. The molecule has 3 heteroatoms. The topological polar surface area (TPSA) is 54.4 Å². The molecule has 0 radical (unpaired) electrons. The van der Waals surface area contributed by atoms with E-state index in [0.717, 1.165) is 19.3 Å². The van der Waals surface area contributed by atoms with Gasteiger partial charge < -0.3 is 5.11 Å². The molecule has 0 aromatic rings. The van der Waals surface area contributed by atoms with E-state index in [-0.39, 0.29) is 17.6 Å². The van der Waals surface area contributed by atoms with E-state index in [9.17, 15) is 9.59 Å². The lowest BCUT2D eigenvalue weighted by Crippen LogP contribution is -2.50. The quantitative estimate of drug-likeness (QED) is 0.775. The Morgan fingerprint density at radius 3 is 2.47 bits per heavy atom. The number of allylic oxidation sites excluding steroid dienone is 2. The number of hydrogen-bond acceptors (Lipinski definition) is 2. The first kappa shape index (κ1) is 14.3. The standard InChI is InChI=1S/C16H24O3/c1-14(2)7-5-8-16(4)11(14)6-9-15(3,13(16)19)10-12(17)18/h6H,5,7-10H2,1-4H3,(H,17,18)/t15-,16?/m0/s1. The molecule has 1 unspecified atom stereocenters. The number of aliphatic carboxylic acids is 1. The lowest BCUT2D eigenvalue weighted by Gasteiger charge is -2.51. The van der Waals surface area contributed by atoms with Crippen molar-refractivity contribution in [1.29, 1.82) is 0 Å². The number of Topliss-reactive ketones (excluding diaryl/α,β-unsaturated/α-hetero) is 1. The Hall–Kier alpha value is -1.12. The zero-order chi connectivity index (χ0) is 14.5. The zero-order valence-electron chi connectivity index (χ0n) is 12.4. The second kappa shape index (κ2) is 4.19. The van der Waals surface area contributed by atoms with Crippen LogP contribution in [-0.4, -0.2) is 16.9 Å². The summed E-state index contributed by atoms with van der Waals surface area (Å²) >= 11 is 0. The third kappa shape index (κ3) is 2.13. The van der Waals surface area contributed by atoms with Crippen molar-refractivity contribution >= 4 is 11.8 Å². The van der Waals surface area contributed by atoms with Crippen LogP contribution < -0.4 is 0 Å². The molecule has 0 amide bonds. The van der Waals surface area contributed by atoms with E-state index in [0.29, 0.717) is 6.42 Å². The average Bonchev–Trinajstić information content (AvgIpc) is 2.23. The fraction of sp³-hybridized carbons (Fsp3) is 0.750. The molecule has 0 aliphatic heterocycles. The van der Waals surface area contributed by atoms with E-state index < -0.39 is 16.8 Å². The molecule has 0 spiro atoms. The number of carbonyl (C=O) groups is 2. The minimum atomic E-state index is -0.883. The molecule has 2 aliphatic carbocycles. The summed E-state index contributed by atoms with van der Waals surface area (Å²) in [5.74, 6) is -0.751. The third-order valence-electron chi connectivity index (χ3n) is 5.15. The molecular formula is C16H24O3. The maximum Gasteiger partial charge on any atom is 0.304 e. The third-order valence-corrected chi connectivity index (χ3v) is 5.15. The molecular weight excluding hydrogens is 240 g/mol. The summed E-state index contributed by atoms with van der Waals surface area (Å²) in [6.07, 6.45) is 5.66. The predicted octanol–water partition coefficient (Wildman–Crippen LogP) is 3.58. The predicted molar refractivity (Wildman–Crippen MR) is 73.8 cm³/mol. The molecule has 2 atom stereocenters. The van der Waals surface area contributed by atoms with Gasteiger partial charge in [-0.25, -0.2) is 0 Å². The van der Waals surface area contributed by atoms with Crippen molar-refractivity contribution in [2.45, 2.75) is 59.8 Å². The van der Waals surface area contributed by atoms with E-state index in [4.69, 9.17) is 5.11 Å². The Labute approximate surface area is 115 Å². The van der Waals surface area contributed by atoms with Crippen molar-refractivity contribution in [2.24, 2.45) is 16.2 Å². The maximum atomic E-state index is 12.9. The minimum absolute atomic E-state index is 0.0627. The van der Waals surface area contributed by atoms with E-state index in [1.807, 2.05) is 13.8 Å². The summed E-state index contributed by atoms with van der Waals surface area (Å²) in [5.41, 5.74) is 0.105. The largest absolute Gasteiger partial charge is 0.481 e. The molecule has 0 bridgehead atoms. The van der Waals surface area contributed by atoms with Crippen molar-refractivity contribution in [2.75, 3.05) is 0 Å². The minimum Gasteiger partial charge on any atom is -0.481 e. The van der Waals surface area contributed by atoms with Crippen LogP contribution in [-0.2, 0) is 9.59 Å². The van der Waals surface area contributed by atoms with Crippen LogP contribution in [0.25, 0.3) is 0 Å². The second-order valence-corrected chi connectivity index (χ2v) is 7.35. The van der Waals surface area contributed by atoms with Crippen molar-refractivity contribution in [3.8, 4) is 0 Å². The molecule has 2 aliphatic rings. The molecule has 106 valence electrons. The van der Waals surface area contributed by atoms with Crippen LogP contribution in [0.2, 0.25) is 0 Å². The van der Waals surface area contributed by atoms with Gasteiger partial charge in [0.1, 0.15) is 5.78 Å². The lowest BCUT2D eigenvalue weighted by atomic mass is 9.51. The van der Waals surface area contributed by atoms with Gasteiger partial charge in [-0.3, -0.25) is 9.59 Å². The fourth-order valence-electron chi connectivity index (χ4n) is 4.21. The SMILES string of the molecule is CC1(C)CCCC2(C)C(=O)[C@](C)(CC(=O)O)CC=C12. The highest BCUT2D eigenvalue weighted by Crippen LogP contribution is 2.57. The van der Waals surface area contributed by atoms with Gasteiger partial charge >= 0.3 is 5.97 Å². The van der Waals surface area contributed by atoms with Crippen LogP contribution in [0.3, 0.4) is 0 Å². The molecule has 0 saturated heterocycles. The van der Waals surface area contributed by atoms with E-state index in [1.54, 1.807) is 0 Å². The van der Waals surface area contributed by atoms with Crippen LogP contribution >= 0.6 is 0 Å². The summed E-state index contributed by atoms with van der Waals surface area (Å²) in [7, 11) is 0. The van der Waals surface area contributed by atoms with Gasteiger partial charge in [-0.05, 0) is 31.6 Å². The molecule has 0 aromatic carbocycles. The van der Waals surface area contributed by atoms with Crippen LogP contribution in [0.5, 0.6) is 0 Å². The van der Waals surface area contributed by atoms with Gasteiger partial charge in [0.15, 0.2) is 0 Å². The van der Waals surface area contributed by atoms with Gasteiger partial charge in [-0.15, -0.1) is 0 Å². The number of hydrogen-bond donors (Lipinski definition) is 1. The first-order chi connectivity index (χ1) is 8.62. The van der Waals surface area contributed by atoms with Gasteiger partial charge in [-0.2, -0.15) is 0 Å². The normalized spacial score (nSPS) is 37.5. The van der Waals surface area contributed by atoms with Crippen molar-refractivity contribution in [1.82, 2.24) is 0 Å². The zero-order valence-corrected chi connectivity index (χ0v) is 12.4. The van der Waals surface area contributed by atoms with Gasteiger partial charge in [0.05, 0.1) is 6.42 Å². The summed E-state index contributed by atoms with van der Waals surface area (Å²) in [6.45, 7) is 8.22. The number of rotatable bonds is 2. The van der Waals surface area contributed by atoms with Crippen molar-refractivity contribution in [3.05, 3.63) is 11.6 Å². The number of carboxylic acids is 1. The molecule has 1 fully saturated rings. The fourth-order valence-corrected chi connectivity index (χ4v) is 4.21. The molecule has 0 heterocycles. The van der Waals surface area contributed by atoms with Crippen molar-refractivity contribution < 1.29 is 14.7 Å². The molecule has 3 nitrogen and oxygen atoms in total. The highest BCUT2D eigenvalue weighted by molar-refractivity contribution is 5.96. The summed E-state index contributed by atoms with van der Waals surface area (Å²) in [6, 6.07) is 0. The lowest BCUT2D eigenvalue weighted by molar-refractivity contribution is -0.148. The highest BCUT2D eigenvalue weighted by Gasteiger charge is 2.54. The van der Waals surface area contributed by atoms with Crippen molar-refractivity contribution in [3.63, 3.8) is 0 Å². The van der Waals surface area contributed by atoms with Gasteiger partial charge in [-0.1, -0.05) is 38.8 Å². The smallest absolute Gasteiger partial charge is 0.304 e. The molecule has 0 aromatic heterocycles. The van der Waals surface area contributed by atoms with Crippen LogP contribution in [0.1, 0.15) is 59.8 Å². The number of ketones is 1. The maximum absolute atomic E-state index is 12.9. The number of carboxylic acid groups (broad SMARTS) is 1. The number of carbonyl (C=O) groups excluding carboxylic acids is 1. The monoisotopic (exact) mass is 264 g/mol. The molecule has 19 heavy (non-hydrogen) atoms.